The average Bonchev–Trinajstić information content (AvgIpc) is 3.56. The summed E-state index contributed by atoms with van der Waals surface area (Å²) in [5, 5.41) is 6.54. The molecule has 0 saturated heterocycles. The molecule has 0 amide bonds. The predicted octanol–water partition coefficient (Wildman–Crippen LogP) is 11.5. The van der Waals surface area contributed by atoms with Gasteiger partial charge in [-0.05, 0) is 87.1 Å². The van der Waals surface area contributed by atoms with E-state index in [1.165, 1.54) is 24.1 Å². The number of para-hydroxylation sites is 1. The van der Waals surface area contributed by atoms with Crippen molar-refractivity contribution in [3.8, 4) is 23.0 Å². The standard InChI is InChI=1S/C40H36F6N4O/c1-23(2)19-26-17-18-47-36(20-26)49-34-14-6-5-11-30(34)31-16-15-29(22-35(31)49)51-28-10-7-9-27(21-28)50-25(4)37(24(3)48-50)38-32(39(41,42)43)12-8-13-33(38)40(44,45)46/h5-7,9-12,14-18,20-23,33,38H,8,13,19H2,1-4H3/t33-,38+/m0/s1. The lowest BCUT2D eigenvalue weighted by atomic mass is 9.73. The molecule has 0 aliphatic heterocycles. The lowest BCUT2D eigenvalue weighted by Gasteiger charge is -2.35. The van der Waals surface area contributed by atoms with E-state index in [9.17, 15) is 26.3 Å². The number of ether oxygens (including phenoxy) is 1. The van der Waals surface area contributed by atoms with E-state index in [1.807, 2.05) is 42.6 Å². The van der Waals surface area contributed by atoms with Crippen molar-refractivity contribution in [3.05, 3.63) is 119 Å². The van der Waals surface area contributed by atoms with Crippen molar-refractivity contribution in [1.82, 2.24) is 19.3 Å². The van der Waals surface area contributed by atoms with E-state index in [0.29, 0.717) is 23.1 Å². The van der Waals surface area contributed by atoms with E-state index < -0.39 is 36.2 Å². The number of pyridine rings is 1. The average molecular weight is 703 g/mol. The Labute approximate surface area is 291 Å². The van der Waals surface area contributed by atoms with E-state index in [2.05, 4.69) is 41.7 Å². The molecular weight excluding hydrogens is 666 g/mol. The van der Waals surface area contributed by atoms with Gasteiger partial charge in [0.05, 0.1) is 28.3 Å². The third kappa shape index (κ3) is 6.50. The number of allylic oxidation sites excluding steroid dienone is 2. The fraction of sp³-hybridized carbons (Fsp3) is 0.300. The Hall–Kier alpha value is -5.06. The molecule has 264 valence electrons. The van der Waals surface area contributed by atoms with Crippen LogP contribution in [0.1, 0.15) is 55.1 Å². The van der Waals surface area contributed by atoms with Crippen molar-refractivity contribution in [1.29, 1.82) is 0 Å². The topological polar surface area (TPSA) is 44.9 Å². The maximum absolute atomic E-state index is 14.2. The highest BCUT2D eigenvalue weighted by molar-refractivity contribution is 6.09. The van der Waals surface area contributed by atoms with Gasteiger partial charge in [0, 0.05) is 51.9 Å². The van der Waals surface area contributed by atoms with Crippen LogP contribution in [0.25, 0.3) is 33.3 Å². The fourth-order valence-electron chi connectivity index (χ4n) is 7.54. The fourth-order valence-corrected chi connectivity index (χ4v) is 7.54. The number of hydrogen-bond donors (Lipinski definition) is 0. The van der Waals surface area contributed by atoms with Gasteiger partial charge in [-0.1, -0.05) is 44.2 Å². The first kappa shape index (κ1) is 34.4. The van der Waals surface area contributed by atoms with Crippen molar-refractivity contribution in [2.75, 3.05) is 0 Å². The van der Waals surface area contributed by atoms with Crippen LogP contribution in [0, 0.1) is 25.7 Å². The van der Waals surface area contributed by atoms with E-state index in [1.54, 1.807) is 24.3 Å². The summed E-state index contributed by atoms with van der Waals surface area (Å²) in [6.45, 7) is 7.31. The molecule has 1 aliphatic rings. The van der Waals surface area contributed by atoms with Crippen LogP contribution >= 0.6 is 0 Å². The Kier molecular flexibility index (Phi) is 8.71. The molecule has 0 bridgehead atoms. The van der Waals surface area contributed by atoms with Crippen LogP contribution in [0.3, 0.4) is 0 Å². The van der Waals surface area contributed by atoms with Crippen molar-refractivity contribution in [2.45, 2.75) is 65.2 Å². The smallest absolute Gasteiger partial charge is 0.412 e. The molecule has 11 heteroatoms. The first-order valence-electron chi connectivity index (χ1n) is 16.9. The van der Waals surface area contributed by atoms with Gasteiger partial charge in [-0.25, -0.2) is 9.67 Å². The molecule has 3 heterocycles. The first-order valence-corrected chi connectivity index (χ1v) is 16.9. The molecule has 0 saturated carbocycles. The predicted molar refractivity (Wildman–Crippen MR) is 186 cm³/mol. The minimum Gasteiger partial charge on any atom is -0.457 e. The number of aromatic nitrogens is 4. The molecule has 0 N–H and O–H groups in total. The molecular formula is C40H36F6N4O. The summed E-state index contributed by atoms with van der Waals surface area (Å²) < 4.78 is 94.9. The Balaban J connectivity index is 1.26. The molecule has 6 aromatic rings. The molecule has 3 aromatic heterocycles. The highest BCUT2D eigenvalue weighted by Crippen LogP contribution is 2.53. The maximum Gasteiger partial charge on any atom is 0.412 e. The van der Waals surface area contributed by atoms with Gasteiger partial charge in [0.2, 0.25) is 0 Å². The molecule has 2 atom stereocenters. The molecule has 5 nitrogen and oxygen atoms in total. The normalized spacial score (nSPS) is 17.0. The van der Waals surface area contributed by atoms with Gasteiger partial charge >= 0.3 is 12.4 Å². The van der Waals surface area contributed by atoms with Crippen LogP contribution in [0.5, 0.6) is 11.5 Å². The van der Waals surface area contributed by atoms with Gasteiger partial charge in [-0.3, -0.25) is 4.57 Å². The second-order valence-corrected chi connectivity index (χ2v) is 13.6. The lowest BCUT2D eigenvalue weighted by molar-refractivity contribution is -0.187. The van der Waals surface area contributed by atoms with Gasteiger partial charge in [-0.2, -0.15) is 31.4 Å². The van der Waals surface area contributed by atoms with E-state index in [0.717, 1.165) is 40.1 Å². The monoisotopic (exact) mass is 702 g/mol. The number of nitrogens with zero attached hydrogens (tertiary/aromatic N) is 4. The van der Waals surface area contributed by atoms with Crippen LogP contribution in [-0.4, -0.2) is 31.7 Å². The van der Waals surface area contributed by atoms with Crippen LogP contribution in [0.2, 0.25) is 0 Å². The second-order valence-electron chi connectivity index (χ2n) is 13.6. The van der Waals surface area contributed by atoms with Gasteiger partial charge < -0.3 is 4.74 Å². The van der Waals surface area contributed by atoms with Gasteiger partial charge in [0.1, 0.15) is 17.3 Å². The molecule has 51 heavy (non-hydrogen) atoms. The van der Waals surface area contributed by atoms with Crippen molar-refractivity contribution >= 4 is 21.8 Å². The van der Waals surface area contributed by atoms with Crippen molar-refractivity contribution in [2.24, 2.45) is 11.8 Å². The van der Waals surface area contributed by atoms with E-state index in [-0.39, 0.29) is 23.4 Å². The Morgan fingerprint density at radius 1 is 0.843 bits per heavy atom. The van der Waals surface area contributed by atoms with Crippen LogP contribution < -0.4 is 4.74 Å². The zero-order valence-corrected chi connectivity index (χ0v) is 28.5. The largest absolute Gasteiger partial charge is 0.457 e. The second kappa shape index (κ2) is 12.9. The summed E-state index contributed by atoms with van der Waals surface area (Å²) in [6, 6.07) is 24.8. The molecule has 1 aliphatic carbocycles. The summed E-state index contributed by atoms with van der Waals surface area (Å²) in [4.78, 5) is 4.72. The highest BCUT2D eigenvalue weighted by atomic mass is 19.4. The number of fused-ring (bicyclic) bond motifs is 3. The molecule has 0 spiro atoms. The van der Waals surface area contributed by atoms with Crippen LogP contribution in [0.4, 0.5) is 26.3 Å². The Morgan fingerprint density at radius 2 is 1.59 bits per heavy atom. The molecule has 0 unspecified atom stereocenters. The Bertz CT molecular complexity index is 2280. The van der Waals surface area contributed by atoms with Gasteiger partial charge in [-0.15, -0.1) is 0 Å². The summed E-state index contributed by atoms with van der Waals surface area (Å²) in [5.41, 5.74) is 2.60. The SMILES string of the molecule is Cc1nn(-c2cccc(Oc3ccc4c5ccccc5n(-c5cc(CC(C)C)ccn5)c4c3)c2)c(C)c1[C@@H]1C(C(F)(F)F)=CCC[C@@H]1C(F)(F)F. The zero-order valence-electron chi connectivity index (χ0n) is 28.5. The number of alkyl halides is 6. The number of aryl methyl sites for hydroxylation is 1. The summed E-state index contributed by atoms with van der Waals surface area (Å²) in [6.07, 6.45) is -6.82. The third-order valence-electron chi connectivity index (χ3n) is 9.61. The summed E-state index contributed by atoms with van der Waals surface area (Å²) in [7, 11) is 0. The number of rotatable bonds is 7. The number of halogens is 6. The number of hydrogen-bond acceptors (Lipinski definition) is 3. The summed E-state index contributed by atoms with van der Waals surface area (Å²) >= 11 is 0. The minimum absolute atomic E-state index is 0.0590. The Morgan fingerprint density at radius 3 is 2.33 bits per heavy atom. The van der Waals surface area contributed by atoms with E-state index in [4.69, 9.17) is 9.72 Å². The van der Waals surface area contributed by atoms with E-state index >= 15 is 0 Å². The maximum atomic E-state index is 14.2. The summed E-state index contributed by atoms with van der Waals surface area (Å²) in [5.74, 6) is -1.87. The molecule has 3 aromatic carbocycles. The van der Waals surface area contributed by atoms with Crippen LogP contribution in [0.15, 0.2) is 96.7 Å². The third-order valence-corrected chi connectivity index (χ3v) is 9.61. The molecule has 7 rings (SSSR count). The molecule has 0 fully saturated rings. The first-order chi connectivity index (χ1) is 24.2. The van der Waals surface area contributed by atoms with Crippen LogP contribution in [-0.2, 0) is 6.42 Å². The van der Waals surface area contributed by atoms with Gasteiger partial charge in [0.15, 0.2) is 0 Å². The van der Waals surface area contributed by atoms with Gasteiger partial charge in [0.25, 0.3) is 0 Å². The highest BCUT2D eigenvalue weighted by Gasteiger charge is 2.54. The quantitative estimate of drug-likeness (QED) is 0.123. The van der Waals surface area contributed by atoms with Crippen molar-refractivity contribution in [3.63, 3.8) is 0 Å². The molecule has 0 radical (unpaired) electrons. The minimum atomic E-state index is -4.91. The lowest BCUT2D eigenvalue weighted by Crippen LogP contribution is -2.36. The zero-order chi connectivity index (χ0) is 36.2. The number of benzene rings is 3. The van der Waals surface area contributed by atoms with Crippen molar-refractivity contribution < 1.29 is 31.1 Å².